The van der Waals surface area contributed by atoms with Crippen molar-refractivity contribution in [3.8, 4) is 5.75 Å². The average molecular weight is 415 g/mol. The SMILES string of the molecule is C[C@@H](OC(=O)c1cc2ccccc2cc1O)C(=O)Nc1ccc([N+](=O)[O-])cc1Cl. The van der Waals surface area contributed by atoms with Crippen molar-refractivity contribution < 1.29 is 24.4 Å². The molecule has 1 atom stereocenters. The van der Waals surface area contributed by atoms with E-state index in [1.165, 1.54) is 31.2 Å². The second-order valence-electron chi connectivity index (χ2n) is 6.17. The van der Waals surface area contributed by atoms with Crippen LogP contribution in [0.25, 0.3) is 10.8 Å². The summed E-state index contributed by atoms with van der Waals surface area (Å²) in [4.78, 5) is 34.8. The van der Waals surface area contributed by atoms with Gasteiger partial charge in [0.2, 0.25) is 0 Å². The van der Waals surface area contributed by atoms with Gasteiger partial charge in [-0.2, -0.15) is 0 Å². The van der Waals surface area contributed by atoms with Crippen LogP contribution in [-0.2, 0) is 9.53 Å². The number of ether oxygens (including phenoxy) is 1. The summed E-state index contributed by atoms with van der Waals surface area (Å²) in [7, 11) is 0. The van der Waals surface area contributed by atoms with E-state index in [4.69, 9.17) is 16.3 Å². The van der Waals surface area contributed by atoms with Crippen LogP contribution in [0.1, 0.15) is 17.3 Å². The molecule has 29 heavy (non-hydrogen) atoms. The lowest BCUT2D eigenvalue weighted by molar-refractivity contribution is -0.384. The smallest absolute Gasteiger partial charge is 0.342 e. The first kappa shape index (κ1) is 20.1. The van der Waals surface area contributed by atoms with Crippen LogP contribution in [0.5, 0.6) is 5.75 Å². The zero-order valence-electron chi connectivity index (χ0n) is 15.1. The summed E-state index contributed by atoms with van der Waals surface area (Å²) < 4.78 is 5.14. The number of phenols is 1. The number of nitro groups is 1. The first-order valence-corrected chi connectivity index (χ1v) is 8.81. The van der Waals surface area contributed by atoms with Gasteiger partial charge < -0.3 is 15.2 Å². The molecular formula is C20H15ClN2O6. The molecule has 3 rings (SSSR count). The Morgan fingerprint density at radius 2 is 1.79 bits per heavy atom. The number of nitro benzene ring substituents is 1. The Hall–Kier alpha value is -3.65. The minimum atomic E-state index is -1.21. The highest BCUT2D eigenvalue weighted by Gasteiger charge is 2.22. The van der Waals surface area contributed by atoms with Crippen molar-refractivity contribution in [2.24, 2.45) is 0 Å². The van der Waals surface area contributed by atoms with Crippen molar-refractivity contribution in [3.05, 3.63) is 75.3 Å². The molecule has 0 spiro atoms. The molecular weight excluding hydrogens is 400 g/mol. The van der Waals surface area contributed by atoms with Crippen molar-refractivity contribution >= 4 is 45.6 Å². The quantitative estimate of drug-likeness (QED) is 0.365. The summed E-state index contributed by atoms with van der Waals surface area (Å²) in [6.45, 7) is 1.35. The second kappa shape index (κ2) is 8.15. The molecule has 2 N–H and O–H groups in total. The third-order valence-corrected chi connectivity index (χ3v) is 4.47. The summed E-state index contributed by atoms with van der Waals surface area (Å²) >= 11 is 5.94. The summed E-state index contributed by atoms with van der Waals surface area (Å²) in [6, 6.07) is 13.6. The topological polar surface area (TPSA) is 119 Å². The molecule has 9 heteroatoms. The average Bonchev–Trinajstić information content (AvgIpc) is 2.68. The number of hydrogen-bond acceptors (Lipinski definition) is 6. The Morgan fingerprint density at radius 3 is 2.41 bits per heavy atom. The number of amides is 1. The lowest BCUT2D eigenvalue weighted by Crippen LogP contribution is -2.30. The maximum atomic E-state index is 12.4. The monoisotopic (exact) mass is 414 g/mol. The summed E-state index contributed by atoms with van der Waals surface area (Å²) in [6.07, 6.45) is -1.21. The number of rotatable bonds is 5. The van der Waals surface area contributed by atoms with Gasteiger partial charge in [-0.3, -0.25) is 14.9 Å². The van der Waals surface area contributed by atoms with Crippen molar-refractivity contribution in [3.63, 3.8) is 0 Å². The number of carbonyl (C=O) groups excluding carboxylic acids is 2. The zero-order chi connectivity index (χ0) is 21.1. The number of halogens is 1. The van der Waals surface area contributed by atoms with Crippen molar-refractivity contribution in [1.82, 2.24) is 0 Å². The van der Waals surface area contributed by atoms with Crippen LogP contribution in [0.3, 0.4) is 0 Å². The lowest BCUT2D eigenvalue weighted by Gasteiger charge is -2.15. The molecule has 1 amide bonds. The van der Waals surface area contributed by atoms with Crippen LogP contribution in [0.4, 0.5) is 11.4 Å². The Kier molecular flexibility index (Phi) is 5.65. The number of non-ortho nitro benzene ring substituents is 1. The largest absolute Gasteiger partial charge is 0.507 e. The van der Waals surface area contributed by atoms with Crippen LogP contribution < -0.4 is 5.32 Å². The third kappa shape index (κ3) is 4.44. The molecule has 0 radical (unpaired) electrons. The zero-order valence-corrected chi connectivity index (χ0v) is 15.8. The fraction of sp³-hybridized carbons (Fsp3) is 0.100. The number of nitrogens with zero attached hydrogens (tertiary/aromatic N) is 1. The van der Waals surface area contributed by atoms with Gasteiger partial charge in [-0.25, -0.2) is 4.79 Å². The standard InChI is InChI=1S/C20H15ClN2O6/c1-11(19(25)22-17-7-6-14(23(27)28)10-16(17)21)29-20(26)15-8-12-4-2-3-5-13(12)9-18(15)24/h2-11,24H,1H3,(H,22,25)/t11-/m1/s1. The molecule has 0 bridgehead atoms. The minimum Gasteiger partial charge on any atom is -0.507 e. The fourth-order valence-corrected chi connectivity index (χ4v) is 2.84. The van der Waals surface area contributed by atoms with Crippen molar-refractivity contribution in [1.29, 1.82) is 0 Å². The molecule has 3 aromatic rings. The fourth-order valence-electron chi connectivity index (χ4n) is 2.62. The molecule has 0 aromatic heterocycles. The lowest BCUT2D eigenvalue weighted by atomic mass is 10.1. The number of aromatic hydroxyl groups is 1. The number of fused-ring (bicyclic) bond motifs is 1. The first-order valence-electron chi connectivity index (χ1n) is 8.44. The molecule has 0 heterocycles. The van der Waals surface area contributed by atoms with Gasteiger partial charge in [0.05, 0.1) is 15.6 Å². The number of nitrogens with one attached hydrogen (secondary N) is 1. The van der Waals surface area contributed by atoms with Gasteiger partial charge in [-0.05, 0) is 35.9 Å². The predicted octanol–water partition coefficient (Wildman–Crippen LogP) is 4.29. The Bertz CT molecular complexity index is 1130. The van der Waals surface area contributed by atoms with Crippen LogP contribution in [0.2, 0.25) is 5.02 Å². The predicted molar refractivity (Wildman–Crippen MR) is 107 cm³/mol. The number of carbonyl (C=O) groups is 2. The summed E-state index contributed by atoms with van der Waals surface area (Å²) in [5, 5.41) is 24.7. The second-order valence-corrected chi connectivity index (χ2v) is 6.58. The van der Waals surface area contributed by atoms with Crippen LogP contribution in [0.15, 0.2) is 54.6 Å². The van der Waals surface area contributed by atoms with Crippen LogP contribution in [-0.4, -0.2) is 28.0 Å². The van der Waals surface area contributed by atoms with Crippen LogP contribution >= 0.6 is 11.6 Å². The Morgan fingerprint density at radius 1 is 1.14 bits per heavy atom. The van der Waals surface area contributed by atoms with E-state index in [9.17, 15) is 24.8 Å². The van der Waals surface area contributed by atoms with E-state index in [-0.39, 0.29) is 27.7 Å². The minimum absolute atomic E-state index is 0.0294. The van der Waals surface area contributed by atoms with Crippen molar-refractivity contribution in [2.75, 3.05) is 5.32 Å². The Labute approximate surface area is 169 Å². The normalized spacial score (nSPS) is 11.7. The van der Waals surface area contributed by atoms with E-state index >= 15 is 0 Å². The molecule has 0 aliphatic heterocycles. The first-order chi connectivity index (χ1) is 13.8. The molecule has 0 aliphatic carbocycles. The number of anilines is 1. The van der Waals surface area contributed by atoms with Gasteiger partial charge in [0.25, 0.3) is 11.6 Å². The molecule has 0 saturated heterocycles. The summed E-state index contributed by atoms with van der Waals surface area (Å²) in [5.41, 5.74) is -0.158. The third-order valence-electron chi connectivity index (χ3n) is 4.16. The molecule has 0 unspecified atom stereocenters. The van der Waals surface area contributed by atoms with E-state index in [1.54, 1.807) is 24.3 Å². The number of phenolic OH excluding ortho intramolecular Hbond substituents is 1. The van der Waals surface area contributed by atoms with Gasteiger partial charge in [0.15, 0.2) is 6.10 Å². The molecule has 0 aliphatic rings. The molecule has 8 nitrogen and oxygen atoms in total. The summed E-state index contributed by atoms with van der Waals surface area (Å²) in [5.74, 6) is -1.82. The van der Waals surface area contributed by atoms with E-state index < -0.39 is 22.9 Å². The molecule has 0 saturated carbocycles. The highest BCUT2D eigenvalue weighted by atomic mass is 35.5. The number of benzene rings is 3. The van der Waals surface area contributed by atoms with Crippen LogP contribution in [0, 0.1) is 10.1 Å². The highest BCUT2D eigenvalue weighted by molar-refractivity contribution is 6.34. The van der Waals surface area contributed by atoms with Crippen molar-refractivity contribution in [2.45, 2.75) is 13.0 Å². The molecule has 0 fully saturated rings. The van der Waals surface area contributed by atoms with Gasteiger partial charge in [0, 0.05) is 12.1 Å². The van der Waals surface area contributed by atoms with Gasteiger partial charge in [-0.15, -0.1) is 0 Å². The van der Waals surface area contributed by atoms with Gasteiger partial charge >= 0.3 is 5.97 Å². The number of esters is 1. The Balaban J connectivity index is 1.72. The maximum Gasteiger partial charge on any atom is 0.342 e. The van der Waals surface area contributed by atoms with E-state index in [0.717, 1.165) is 16.8 Å². The number of hydrogen-bond donors (Lipinski definition) is 2. The highest BCUT2D eigenvalue weighted by Crippen LogP contribution is 2.28. The maximum absolute atomic E-state index is 12.4. The van der Waals surface area contributed by atoms with E-state index in [0.29, 0.717) is 0 Å². The van der Waals surface area contributed by atoms with E-state index in [1.807, 2.05) is 0 Å². The molecule has 3 aromatic carbocycles. The molecule has 148 valence electrons. The van der Waals surface area contributed by atoms with E-state index in [2.05, 4.69) is 5.32 Å². The van der Waals surface area contributed by atoms with Gasteiger partial charge in [0.1, 0.15) is 11.3 Å². The van der Waals surface area contributed by atoms with Gasteiger partial charge in [-0.1, -0.05) is 35.9 Å².